The van der Waals surface area contributed by atoms with Crippen molar-refractivity contribution in [3.63, 3.8) is 0 Å². The lowest BCUT2D eigenvalue weighted by Gasteiger charge is -2.08. The Hall–Kier alpha value is -0.780. The van der Waals surface area contributed by atoms with Crippen LogP contribution in [0.3, 0.4) is 0 Å². The molecule has 0 saturated heterocycles. The molecule has 0 saturated carbocycles. The SMILES string of the molecule is CCNC(C)c1cnc(-c2cc(F)ccc2Br)s1. The average Bonchev–Trinajstić information content (AvgIpc) is 2.82. The molecular formula is C13H14BrFN2S. The van der Waals surface area contributed by atoms with Crippen molar-refractivity contribution in [3.05, 3.63) is 39.6 Å². The smallest absolute Gasteiger partial charge is 0.124 e. The molecule has 1 N–H and O–H groups in total. The van der Waals surface area contributed by atoms with Gasteiger partial charge in [0.05, 0.1) is 0 Å². The first-order valence-electron chi connectivity index (χ1n) is 5.76. The predicted octanol–water partition coefficient (Wildman–Crippen LogP) is 4.38. The fraction of sp³-hybridized carbons (Fsp3) is 0.308. The minimum absolute atomic E-state index is 0.246. The Morgan fingerprint density at radius 2 is 2.28 bits per heavy atom. The zero-order chi connectivity index (χ0) is 13.1. The number of nitrogens with zero attached hydrogens (tertiary/aromatic N) is 1. The zero-order valence-corrected chi connectivity index (χ0v) is 12.6. The molecule has 0 radical (unpaired) electrons. The van der Waals surface area contributed by atoms with E-state index >= 15 is 0 Å². The van der Waals surface area contributed by atoms with E-state index in [0.717, 1.165) is 26.5 Å². The van der Waals surface area contributed by atoms with Crippen LogP contribution in [0.25, 0.3) is 10.6 Å². The van der Waals surface area contributed by atoms with Crippen LogP contribution in [0.1, 0.15) is 24.8 Å². The highest BCUT2D eigenvalue weighted by atomic mass is 79.9. The summed E-state index contributed by atoms with van der Waals surface area (Å²) in [6.07, 6.45) is 1.85. The van der Waals surface area contributed by atoms with Gasteiger partial charge in [-0.1, -0.05) is 22.9 Å². The Balaban J connectivity index is 2.32. The molecule has 1 unspecified atom stereocenters. The van der Waals surface area contributed by atoms with Gasteiger partial charge >= 0.3 is 0 Å². The molecule has 0 spiro atoms. The van der Waals surface area contributed by atoms with Crippen molar-refractivity contribution in [1.82, 2.24) is 10.3 Å². The summed E-state index contributed by atoms with van der Waals surface area (Å²) >= 11 is 5.02. The molecular weight excluding hydrogens is 315 g/mol. The van der Waals surface area contributed by atoms with Crippen LogP contribution in [0.15, 0.2) is 28.9 Å². The van der Waals surface area contributed by atoms with Crippen LogP contribution in [0.4, 0.5) is 4.39 Å². The molecule has 1 atom stereocenters. The van der Waals surface area contributed by atoms with Crippen LogP contribution in [0, 0.1) is 5.82 Å². The number of thiazole rings is 1. The Labute approximate surface area is 118 Å². The third-order valence-electron chi connectivity index (χ3n) is 2.62. The quantitative estimate of drug-likeness (QED) is 0.900. The highest BCUT2D eigenvalue weighted by Crippen LogP contribution is 2.33. The van der Waals surface area contributed by atoms with E-state index in [1.165, 1.54) is 12.1 Å². The van der Waals surface area contributed by atoms with Crippen molar-refractivity contribution in [2.75, 3.05) is 6.54 Å². The van der Waals surface area contributed by atoms with E-state index in [0.29, 0.717) is 0 Å². The van der Waals surface area contributed by atoms with Gasteiger partial charge in [-0.2, -0.15) is 0 Å². The van der Waals surface area contributed by atoms with Gasteiger partial charge in [-0.05, 0) is 31.7 Å². The predicted molar refractivity (Wildman–Crippen MR) is 77.3 cm³/mol. The third kappa shape index (κ3) is 2.96. The summed E-state index contributed by atoms with van der Waals surface area (Å²) in [6.45, 7) is 5.08. The first-order chi connectivity index (χ1) is 8.61. The summed E-state index contributed by atoms with van der Waals surface area (Å²) in [7, 11) is 0. The second kappa shape index (κ2) is 5.91. The zero-order valence-electron chi connectivity index (χ0n) is 10.2. The number of hydrogen-bond donors (Lipinski definition) is 1. The lowest BCUT2D eigenvalue weighted by molar-refractivity contribution is 0.606. The molecule has 2 nitrogen and oxygen atoms in total. The van der Waals surface area contributed by atoms with E-state index in [-0.39, 0.29) is 11.9 Å². The van der Waals surface area contributed by atoms with Gasteiger partial charge in [0.15, 0.2) is 0 Å². The van der Waals surface area contributed by atoms with Crippen molar-refractivity contribution in [1.29, 1.82) is 0 Å². The van der Waals surface area contributed by atoms with Crippen molar-refractivity contribution in [2.24, 2.45) is 0 Å². The molecule has 1 heterocycles. The van der Waals surface area contributed by atoms with Crippen LogP contribution in [0.5, 0.6) is 0 Å². The minimum atomic E-state index is -0.246. The van der Waals surface area contributed by atoms with Crippen LogP contribution in [-0.2, 0) is 0 Å². The van der Waals surface area contributed by atoms with E-state index in [1.807, 2.05) is 6.20 Å². The van der Waals surface area contributed by atoms with E-state index in [2.05, 4.69) is 40.1 Å². The maximum atomic E-state index is 13.3. The van der Waals surface area contributed by atoms with Gasteiger partial charge in [0.1, 0.15) is 10.8 Å². The number of aromatic nitrogens is 1. The highest BCUT2D eigenvalue weighted by molar-refractivity contribution is 9.10. The first kappa shape index (κ1) is 13.6. The second-order valence-corrected chi connectivity index (χ2v) is 5.89. The van der Waals surface area contributed by atoms with E-state index in [1.54, 1.807) is 17.4 Å². The van der Waals surface area contributed by atoms with E-state index in [4.69, 9.17) is 0 Å². The van der Waals surface area contributed by atoms with Gasteiger partial charge in [-0.15, -0.1) is 11.3 Å². The van der Waals surface area contributed by atoms with Crippen LogP contribution >= 0.6 is 27.3 Å². The number of hydrogen-bond acceptors (Lipinski definition) is 3. The Bertz CT molecular complexity index is 542. The Kier molecular flexibility index (Phi) is 4.48. The van der Waals surface area contributed by atoms with Gasteiger partial charge < -0.3 is 5.32 Å². The van der Waals surface area contributed by atoms with Gasteiger partial charge in [-0.3, -0.25) is 0 Å². The van der Waals surface area contributed by atoms with Crippen molar-refractivity contribution in [3.8, 4) is 10.6 Å². The van der Waals surface area contributed by atoms with Crippen molar-refractivity contribution >= 4 is 27.3 Å². The van der Waals surface area contributed by atoms with Crippen molar-refractivity contribution < 1.29 is 4.39 Å². The molecule has 0 aliphatic heterocycles. The number of rotatable bonds is 4. The summed E-state index contributed by atoms with van der Waals surface area (Å²) in [5, 5.41) is 4.17. The number of nitrogens with one attached hydrogen (secondary N) is 1. The van der Waals surface area contributed by atoms with Gasteiger partial charge in [0.2, 0.25) is 0 Å². The van der Waals surface area contributed by atoms with Crippen LogP contribution in [0.2, 0.25) is 0 Å². The number of benzene rings is 1. The molecule has 0 amide bonds. The molecule has 2 aromatic rings. The summed E-state index contributed by atoms with van der Waals surface area (Å²) in [4.78, 5) is 5.53. The molecule has 0 aliphatic rings. The fourth-order valence-electron chi connectivity index (χ4n) is 1.68. The van der Waals surface area contributed by atoms with Crippen LogP contribution < -0.4 is 5.32 Å². The first-order valence-corrected chi connectivity index (χ1v) is 7.37. The maximum Gasteiger partial charge on any atom is 0.124 e. The molecule has 0 fully saturated rings. The lowest BCUT2D eigenvalue weighted by Crippen LogP contribution is -2.16. The summed E-state index contributed by atoms with van der Waals surface area (Å²) < 4.78 is 14.1. The van der Waals surface area contributed by atoms with E-state index in [9.17, 15) is 4.39 Å². The van der Waals surface area contributed by atoms with Gasteiger partial charge in [-0.25, -0.2) is 9.37 Å². The second-order valence-electron chi connectivity index (χ2n) is 3.97. The molecule has 0 aliphatic carbocycles. The monoisotopic (exact) mass is 328 g/mol. The molecule has 1 aromatic heterocycles. The molecule has 2 rings (SSSR count). The van der Waals surface area contributed by atoms with Gasteiger partial charge in [0.25, 0.3) is 0 Å². The molecule has 1 aromatic carbocycles. The van der Waals surface area contributed by atoms with Crippen LogP contribution in [-0.4, -0.2) is 11.5 Å². The topological polar surface area (TPSA) is 24.9 Å². The highest BCUT2D eigenvalue weighted by Gasteiger charge is 2.12. The minimum Gasteiger partial charge on any atom is -0.310 e. The normalized spacial score (nSPS) is 12.7. The fourth-order valence-corrected chi connectivity index (χ4v) is 3.22. The lowest BCUT2D eigenvalue weighted by atomic mass is 10.2. The standard InChI is InChI=1S/C13H14BrFN2S/c1-3-16-8(2)12-7-17-13(18-12)10-6-9(15)4-5-11(10)14/h4-8,16H,3H2,1-2H3. The molecule has 18 heavy (non-hydrogen) atoms. The number of halogens is 2. The summed E-state index contributed by atoms with van der Waals surface area (Å²) in [5.41, 5.74) is 0.801. The molecule has 0 bridgehead atoms. The molecule has 96 valence electrons. The third-order valence-corrected chi connectivity index (χ3v) is 4.52. The van der Waals surface area contributed by atoms with Crippen molar-refractivity contribution in [2.45, 2.75) is 19.9 Å². The Morgan fingerprint density at radius 1 is 1.50 bits per heavy atom. The average molecular weight is 329 g/mol. The maximum absolute atomic E-state index is 13.3. The van der Waals surface area contributed by atoms with E-state index < -0.39 is 0 Å². The summed E-state index contributed by atoms with van der Waals surface area (Å²) in [5.74, 6) is -0.246. The largest absolute Gasteiger partial charge is 0.310 e. The van der Waals surface area contributed by atoms with Gasteiger partial charge in [0, 0.05) is 27.2 Å². The molecule has 5 heteroatoms. The summed E-state index contributed by atoms with van der Waals surface area (Å²) in [6, 6.07) is 4.92. The Morgan fingerprint density at radius 3 is 3.00 bits per heavy atom.